The van der Waals surface area contributed by atoms with E-state index in [1.165, 1.54) is 0 Å². The third-order valence-corrected chi connectivity index (χ3v) is 7.02. The SMILES string of the molecule is CC(C)C(NC(=O)CC(NC(=O)OCC1c2ccccc2-c2ccccc21)C1CCC1)C(=O)O. The Bertz CT molecular complexity index is 1020. The maximum Gasteiger partial charge on any atom is 0.407 e. The van der Waals surface area contributed by atoms with Gasteiger partial charge in [0.2, 0.25) is 5.91 Å². The molecule has 7 nitrogen and oxygen atoms in total. The molecule has 180 valence electrons. The van der Waals surface area contributed by atoms with Crippen LogP contribution in [-0.4, -0.2) is 41.8 Å². The zero-order valence-corrected chi connectivity index (χ0v) is 19.6. The van der Waals surface area contributed by atoms with Crippen LogP contribution in [0.15, 0.2) is 48.5 Å². The molecule has 2 aromatic carbocycles. The van der Waals surface area contributed by atoms with E-state index in [1.807, 2.05) is 24.3 Å². The molecular weight excluding hydrogens is 432 g/mol. The minimum Gasteiger partial charge on any atom is -0.480 e. The maximum atomic E-state index is 12.7. The van der Waals surface area contributed by atoms with Crippen molar-refractivity contribution in [1.29, 1.82) is 0 Å². The van der Waals surface area contributed by atoms with Gasteiger partial charge in [0.05, 0.1) is 0 Å². The lowest BCUT2D eigenvalue weighted by Crippen LogP contribution is -2.49. The molecule has 2 unspecified atom stereocenters. The lowest BCUT2D eigenvalue weighted by Gasteiger charge is -2.34. The van der Waals surface area contributed by atoms with Crippen molar-refractivity contribution in [2.75, 3.05) is 6.61 Å². The van der Waals surface area contributed by atoms with Crippen molar-refractivity contribution >= 4 is 18.0 Å². The first kappa shape index (κ1) is 23.8. The molecule has 3 N–H and O–H groups in total. The Morgan fingerprint density at radius 2 is 1.56 bits per heavy atom. The number of carboxylic acids is 1. The smallest absolute Gasteiger partial charge is 0.407 e. The van der Waals surface area contributed by atoms with Crippen LogP contribution in [0.4, 0.5) is 4.79 Å². The molecule has 0 aromatic heterocycles. The fraction of sp³-hybridized carbons (Fsp3) is 0.444. The van der Waals surface area contributed by atoms with Gasteiger partial charge >= 0.3 is 12.1 Å². The van der Waals surface area contributed by atoms with Crippen LogP contribution < -0.4 is 10.6 Å². The highest BCUT2D eigenvalue weighted by atomic mass is 16.5. The summed E-state index contributed by atoms with van der Waals surface area (Å²) in [5, 5.41) is 14.8. The second kappa shape index (κ2) is 10.3. The number of aliphatic carboxylic acids is 1. The summed E-state index contributed by atoms with van der Waals surface area (Å²) in [6.45, 7) is 3.70. The minimum atomic E-state index is -1.06. The van der Waals surface area contributed by atoms with E-state index in [4.69, 9.17) is 4.74 Å². The van der Waals surface area contributed by atoms with Crippen LogP contribution in [0, 0.1) is 11.8 Å². The number of fused-ring (bicyclic) bond motifs is 3. The first-order valence-electron chi connectivity index (χ1n) is 12.0. The standard InChI is InChI=1S/C27H32N2O5/c1-16(2)25(26(31)32)29-24(30)14-23(17-8-7-9-17)28-27(33)34-15-22-20-12-5-3-10-18(20)19-11-4-6-13-21(19)22/h3-6,10-13,16-17,22-23,25H,7-9,14-15H2,1-2H3,(H,28,33)(H,29,30)(H,31,32). The number of carbonyl (C=O) groups excluding carboxylic acids is 2. The molecule has 0 radical (unpaired) electrons. The summed E-state index contributed by atoms with van der Waals surface area (Å²) in [6.07, 6.45) is 2.39. The Morgan fingerprint density at radius 3 is 2.06 bits per heavy atom. The van der Waals surface area contributed by atoms with E-state index in [-0.39, 0.29) is 42.7 Å². The largest absolute Gasteiger partial charge is 0.480 e. The van der Waals surface area contributed by atoms with E-state index in [0.717, 1.165) is 41.5 Å². The van der Waals surface area contributed by atoms with Crippen LogP contribution in [0.2, 0.25) is 0 Å². The molecule has 0 spiro atoms. The lowest BCUT2D eigenvalue weighted by molar-refractivity contribution is -0.143. The molecule has 7 heteroatoms. The fourth-order valence-electron chi connectivity index (χ4n) is 4.91. The molecule has 34 heavy (non-hydrogen) atoms. The first-order chi connectivity index (χ1) is 16.3. The molecule has 0 saturated heterocycles. The monoisotopic (exact) mass is 464 g/mol. The molecule has 0 heterocycles. The van der Waals surface area contributed by atoms with Crippen molar-refractivity contribution < 1.29 is 24.2 Å². The van der Waals surface area contributed by atoms with E-state index in [9.17, 15) is 19.5 Å². The second-order valence-electron chi connectivity index (χ2n) is 9.60. The van der Waals surface area contributed by atoms with E-state index in [1.54, 1.807) is 13.8 Å². The number of benzene rings is 2. The summed E-state index contributed by atoms with van der Waals surface area (Å²) in [5.74, 6) is -1.52. The Labute approximate surface area is 199 Å². The summed E-state index contributed by atoms with van der Waals surface area (Å²) >= 11 is 0. The number of carboxylic acid groups (broad SMARTS) is 1. The predicted octanol–water partition coefficient (Wildman–Crippen LogP) is 4.31. The topological polar surface area (TPSA) is 105 Å². The van der Waals surface area contributed by atoms with Crippen molar-refractivity contribution in [3.63, 3.8) is 0 Å². The van der Waals surface area contributed by atoms with Crippen LogP contribution in [0.3, 0.4) is 0 Å². The summed E-state index contributed by atoms with van der Waals surface area (Å²) in [4.78, 5) is 36.7. The van der Waals surface area contributed by atoms with Crippen LogP contribution in [0.1, 0.15) is 56.6 Å². The third kappa shape index (κ3) is 5.08. The predicted molar refractivity (Wildman–Crippen MR) is 128 cm³/mol. The average Bonchev–Trinajstić information content (AvgIpc) is 3.08. The molecule has 1 fully saturated rings. The van der Waals surface area contributed by atoms with Crippen LogP contribution in [0.25, 0.3) is 11.1 Å². The van der Waals surface area contributed by atoms with Gasteiger partial charge in [-0.1, -0.05) is 68.8 Å². The number of hydrogen-bond donors (Lipinski definition) is 3. The zero-order valence-electron chi connectivity index (χ0n) is 19.6. The second-order valence-corrected chi connectivity index (χ2v) is 9.60. The van der Waals surface area contributed by atoms with Crippen LogP contribution in [0.5, 0.6) is 0 Å². The first-order valence-corrected chi connectivity index (χ1v) is 12.0. The summed E-state index contributed by atoms with van der Waals surface area (Å²) in [6, 6.07) is 15.0. The minimum absolute atomic E-state index is 0.0331. The highest BCUT2D eigenvalue weighted by Gasteiger charge is 2.33. The molecule has 4 rings (SSSR count). The number of carbonyl (C=O) groups is 3. The number of nitrogens with one attached hydrogen (secondary N) is 2. The van der Waals surface area contributed by atoms with Gasteiger partial charge in [-0.3, -0.25) is 4.79 Å². The fourth-order valence-corrected chi connectivity index (χ4v) is 4.91. The van der Waals surface area contributed by atoms with Gasteiger partial charge in [0.15, 0.2) is 0 Å². The van der Waals surface area contributed by atoms with Crippen molar-refractivity contribution in [3.05, 3.63) is 59.7 Å². The van der Waals surface area contributed by atoms with Crippen molar-refractivity contribution in [1.82, 2.24) is 10.6 Å². The number of rotatable bonds is 9. The molecule has 0 bridgehead atoms. The van der Waals surface area contributed by atoms with E-state index < -0.39 is 18.1 Å². The van der Waals surface area contributed by atoms with Gasteiger partial charge in [-0.05, 0) is 46.9 Å². The summed E-state index contributed by atoms with van der Waals surface area (Å²) < 4.78 is 5.65. The number of ether oxygens (including phenoxy) is 1. The van der Waals surface area contributed by atoms with Gasteiger partial charge in [0, 0.05) is 18.4 Å². The molecule has 2 amide bonds. The maximum absolute atomic E-state index is 12.7. The Kier molecular flexibility index (Phi) is 7.20. The Balaban J connectivity index is 1.38. The average molecular weight is 465 g/mol. The molecule has 2 aromatic rings. The van der Waals surface area contributed by atoms with Crippen molar-refractivity contribution in [2.45, 2.75) is 57.5 Å². The number of alkyl carbamates (subject to hydrolysis) is 1. The normalized spacial score (nSPS) is 16.7. The van der Waals surface area contributed by atoms with Gasteiger partial charge in [0.25, 0.3) is 0 Å². The Morgan fingerprint density at radius 1 is 0.971 bits per heavy atom. The highest BCUT2D eigenvalue weighted by molar-refractivity contribution is 5.84. The van der Waals surface area contributed by atoms with Crippen molar-refractivity contribution in [2.24, 2.45) is 11.8 Å². The molecule has 0 aliphatic heterocycles. The van der Waals surface area contributed by atoms with Gasteiger partial charge in [-0.15, -0.1) is 0 Å². The molecule has 2 aliphatic rings. The van der Waals surface area contributed by atoms with Gasteiger partial charge in [-0.25, -0.2) is 9.59 Å². The third-order valence-electron chi connectivity index (χ3n) is 7.02. The quantitative estimate of drug-likeness (QED) is 0.513. The summed E-state index contributed by atoms with van der Waals surface area (Å²) in [7, 11) is 0. The molecule has 1 saturated carbocycles. The van der Waals surface area contributed by atoms with Crippen LogP contribution in [-0.2, 0) is 14.3 Å². The van der Waals surface area contributed by atoms with E-state index >= 15 is 0 Å². The van der Waals surface area contributed by atoms with E-state index in [0.29, 0.717) is 0 Å². The number of amides is 2. The molecule has 2 aliphatic carbocycles. The highest BCUT2D eigenvalue weighted by Crippen LogP contribution is 2.44. The number of hydrogen-bond acceptors (Lipinski definition) is 4. The zero-order chi connectivity index (χ0) is 24.2. The van der Waals surface area contributed by atoms with Gasteiger partial charge in [0.1, 0.15) is 12.6 Å². The van der Waals surface area contributed by atoms with Crippen molar-refractivity contribution in [3.8, 4) is 11.1 Å². The lowest BCUT2D eigenvalue weighted by atomic mass is 9.78. The van der Waals surface area contributed by atoms with E-state index in [2.05, 4.69) is 34.9 Å². The van der Waals surface area contributed by atoms with Gasteiger partial charge in [-0.2, -0.15) is 0 Å². The molecule has 2 atom stereocenters. The van der Waals surface area contributed by atoms with Crippen LogP contribution >= 0.6 is 0 Å². The van der Waals surface area contributed by atoms with Gasteiger partial charge < -0.3 is 20.5 Å². The summed E-state index contributed by atoms with van der Waals surface area (Å²) in [5.41, 5.74) is 4.60. The molecular formula is C27H32N2O5. The Hall–Kier alpha value is -3.35.